The van der Waals surface area contributed by atoms with Gasteiger partial charge in [-0.2, -0.15) is 0 Å². The van der Waals surface area contributed by atoms with Gasteiger partial charge >= 0.3 is 6.09 Å². The largest absolute Gasteiger partial charge is 0.448 e. The molecular formula is C21H29ClN2O2. The average Bonchev–Trinajstić information content (AvgIpc) is 2.65. The fourth-order valence-corrected chi connectivity index (χ4v) is 2.61. The summed E-state index contributed by atoms with van der Waals surface area (Å²) < 4.78 is 5.47. The van der Waals surface area contributed by atoms with Gasteiger partial charge in [-0.15, -0.1) is 12.4 Å². The van der Waals surface area contributed by atoms with Gasteiger partial charge in [-0.1, -0.05) is 80.4 Å². The summed E-state index contributed by atoms with van der Waals surface area (Å²) in [6, 6.07) is 19.8. The van der Waals surface area contributed by atoms with Crippen LogP contribution in [0.4, 0.5) is 4.79 Å². The molecule has 2 aromatic rings. The lowest BCUT2D eigenvalue weighted by molar-refractivity contribution is 0.0907. The molecule has 0 unspecified atom stereocenters. The Balaban J connectivity index is 0.00000338. The highest BCUT2D eigenvalue weighted by molar-refractivity contribution is 5.85. The third-order valence-electron chi connectivity index (χ3n) is 4.04. The molecule has 2 aromatic carbocycles. The molecule has 0 bridgehead atoms. The fourth-order valence-electron chi connectivity index (χ4n) is 2.61. The van der Waals surface area contributed by atoms with Crippen molar-refractivity contribution < 1.29 is 9.53 Å². The molecule has 142 valence electrons. The maximum absolute atomic E-state index is 12.6. The van der Waals surface area contributed by atoms with E-state index in [2.05, 4.69) is 6.92 Å². The molecule has 0 aliphatic rings. The lowest BCUT2D eigenvalue weighted by Crippen LogP contribution is -2.35. The summed E-state index contributed by atoms with van der Waals surface area (Å²) in [4.78, 5) is 14.3. The van der Waals surface area contributed by atoms with Gasteiger partial charge in [0.25, 0.3) is 0 Å². The minimum absolute atomic E-state index is 0. The van der Waals surface area contributed by atoms with Crippen LogP contribution in [-0.4, -0.2) is 23.6 Å². The van der Waals surface area contributed by atoms with E-state index in [9.17, 15) is 4.79 Å². The van der Waals surface area contributed by atoms with E-state index < -0.39 is 0 Å². The molecule has 2 N–H and O–H groups in total. The van der Waals surface area contributed by atoms with Crippen LogP contribution in [0.25, 0.3) is 0 Å². The highest BCUT2D eigenvalue weighted by Crippen LogP contribution is 2.12. The van der Waals surface area contributed by atoms with Crippen molar-refractivity contribution in [2.24, 2.45) is 5.73 Å². The number of nitrogens with zero attached hydrogens (tertiary/aromatic N) is 1. The van der Waals surface area contributed by atoms with Crippen molar-refractivity contribution in [1.82, 2.24) is 4.90 Å². The van der Waals surface area contributed by atoms with Crippen LogP contribution in [0.2, 0.25) is 0 Å². The molecule has 0 saturated heterocycles. The predicted octanol–water partition coefficient (Wildman–Crippen LogP) is 4.76. The Kier molecular flexibility index (Phi) is 10.4. The van der Waals surface area contributed by atoms with E-state index in [1.807, 2.05) is 60.7 Å². The molecule has 4 nitrogen and oxygen atoms in total. The molecule has 0 aliphatic heterocycles. The van der Waals surface area contributed by atoms with Gasteiger partial charge in [-0.25, -0.2) is 4.79 Å². The number of carbonyl (C=O) groups excluding carboxylic acids is 1. The molecule has 0 fully saturated rings. The second-order valence-electron chi connectivity index (χ2n) is 6.31. The van der Waals surface area contributed by atoms with E-state index in [-0.39, 0.29) is 31.1 Å². The standard InChI is InChI=1S/C21H28N2O2.ClH/c1-2-3-14-20(22)17-25-21(24)23(15-18-10-6-4-7-11-18)16-19-12-8-5-9-13-19;/h4-13,20H,2-3,14-17,22H2,1H3;1H/t20-;/m0./s1. The molecule has 0 radical (unpaired) electrons. The van der Waals surface area contributed by atoms with Gasteiger partial charge in [-0.05, 0) is 17.5 Å². The second-order valence-corrected chi connectivity index (χ2v) is 6.31. The first-order chi connectivity index (χ1) is 12.2. The first-order valence-electron chi connectivity index (χ1n) is 8.94. The summed E-state index contributed by atoms with van der Waals surface area (Å²) >= 11 is 0. The van der Waals surface area contributed by atoms with Gasteiger partial charge in [0.1, 0.15) is 6.61 Å². The van der Waals surface area contributed by atoms with Gasteiger partial charge in [-0.3, -0.25) is 4.90 Å². The van der Waals surface area contributed by atoms with E-state index in [0.717, 1.165) is 30.4 Å². The zero-order valence-electron chi connectivity index (χ0n) is 15.3. The Morgan fingerprint density at radius 3 is 1.96 bits per heavy atom. The van der Waals surface area contributed by atoms with Crippen LogP contribution < -0.4 is 5.73 Å². The summed E-state index contributed by atoms with van der Waals surface area (Å²) in [6.07, 6.45) is 2.70. The minimum Gasteiger partial charge on any atom is -0.448 e. The number of hydrogen-bond acceptors (Lipinski definition) is 3. The van der Waals surface area contributed by atoms with Crippen LogP contribution in [0.15, 0.2) is 60.7 Å². The molecule has 2 rings (SSSR count). The van der Waals surface area contributed by atoms with Gasteiger partial charge in [0.05, 0.1) is 0 Å². The van der Waals surface area contributed by atoms with Gasteiger partial charge in [0, 0.05) is 19.1 Å². The van der Waals surface area contributed by atoms with Gasteiger partial charge in [0.15, 0.2) is 0 Å². The number of hydrogen-bond donors (Lipinski definition) is 1. The van der Waals surface area contributed by atoms with Crippen LogP contribution in [0.5, 0.6) is 0 Å². The smallest absolute Gasteiger partial charge is 0.410 e. The van der Waals surface area contributed by atoms with Crippen LogP contribution in [0.1, 0.15) is 37.3 Å². The predicted molar refractivity (Wildman–Crippen MR) is 108 cm³/mol. The van der Waals surface area contributed by atoms with E-state index in [1.54, 1.807) is 4.90 Å². The minimum atomic E-state index is -0.320. The number of rotatable bonds is 9. The number of amides is 1. The average molecular weight is 377 g/mol. The first kappa shape index (κ1) is 22.0. The fraction of sp³-hybridized carbons (Fsp3) is 0.381. The Morgan fingerprint density at radius 1 is 1.00 bits per heavy atom. The van der Waals surface area contributed by atoms with Crippen molar-refractivity contribution in [3.8, 4) is 0 Å². The Morgan fingerprint density at radius 2 is 1.50 bits per heavy atom. The normalized spacial score (nSPS) is 11.3. The van der Waals surface area contributed by atoms with Crippen LogP contribution in [-0.2, 0) is 17.8 Å². The third kappa shape index (κ3) is 7.89. The molecule has 0 heterocycles. The summed E-state index contributed by atoms with van der Waals surface area (Å²) in [5.41, 5.74) is 8.17. The lowest BCUT2D eigenvalue weighted by Gasteiger charge is -2.23. The lowest BCUT2D eigenvalue weighted by atomic mass is 10.1. The molecule has 0 aliphatic carbocycles. The monoisotopic (exact) mass is 376 g/mol. The molecule has 1 atom stereocenters. The van der Waals surface area contributed by atoms with Gasteiger partial charge in [0.2, 0.25) is 0 Å². The van der Waals surface area contributed by atoms with Crippen molar-refractivity contribution in [1.29, 1.82) is 0 Å². The van der Waals surface area contributed by atoms with E-state index in [0.29, 0.717) is 13.1 Å². The van der Waals surface area contributed by atoms with E-state index >= 15 is 0 Å². The summed E-state index contributed by atoms with van der Waals surface area (Å²) in [7, 11) is 0. The zero-order chi connectivity index (χ0) is 17.9. The van der Waals surface area contributed by atoms with Crippen LogP contribution >= 0.6 is 12.4 Å². The molecular weight excluding hydrogens is 348 g/mol. The molecule has 5 heteroatoms. The highest BCUT2D eigenvalue weighted by atomic mass is 35.5. The topological polar surface area (TPSA) is 55.6 Å². The Hall–Kier alpha value is -2.04. The molecule has 0 spiro atoms. The van der Waals surface area contributed by atoms with Crippen molar-refractivity contribution in [2.45, 2.75) is 45.3 Å². The Bertz CT molecular complexity index is 581. The highest BCUT2D eigenvalue weighted by Gasteiger charge is 2.17. The van der Waals surface area contributed by atoms with Crippen molar-refractivity contribution in [3.05, 3.63) is 71.8 Å². The van der Waals surface area contributed by atoms with Gasteiger partial charge < -0.3 is 10.5 Å². The number of ether oxygens (including phenoxy) is 1. The van der Waals surface area contributed by atoms with Crippen molar-refractivity contribution in [2.75, 3.05) is 6.61 Å². The number of carbonyl (C=O) groups is 1. The second kappa shape index (κ2) is 12.3. The number of unbranched alkanes of at least 4 members (excludes halogenated alkanes) is 1. The third-order valence-corrected chi connectivity index (χ3v) is 4.04. The van der Waals surface area contributed by atoms with Crippen molar-refractivity contribution in [3.63, 3.8) is 0 Å². The maximum atomic E-state index is 12.6. The maximum Gasteiger partial charge on any atom is 0.410 e. The number of halogens is 1. The van der Waals surface area contributed by atoms with Crippen molar-refractivity contribution >= 4 is 18.5 Å². The molecule has 1 amide bonds. The quantitative estimate of drug-likeness (QED) is 0.686. The first-order valence-corrected chi connectivity index (χ1v) is 8.94. The molecule has 26 heavy (non-hydrogen) atoms. The summed E-state index contributed by atoms with van der Waals surface area (Å²) in [6.45, 7) is 3.41. The molecule has 0 aromatic heterocycles. The molecule has 0 saturated carbocycles. The van der Waals surface area contributed by atoms with E-state index in [4.69, 9.17) is 10.5 Å². The zero-order valence-corrected chi connectivity index (χ0v) is 16.2. The van der Waals surface area contributed by atoms with Crippen LogP contribution in [0, 0.1) is 0 Å². The van der Waals surface area contributed by atoms with Crippen LogP contribution in [0.3, 0.4) is 0 Å². The summed E-state index contributed by atoms with van der Waals surface area (Å²) in [5, 5.41) is 0. The number of benzene rings is 2. The number of nitrogens with two attached hydrogens (primary N) is 1. The Labute approximate surface area is 162 Å². The SMILES string of the molecule is CCCC[C@H](N)COC(=O)N(Cc1ccccc1)Cc1ccccc1.Cl. The van der Waals surface area contributed by atoms with E-state index in [1.165, 1.54) is 0 Å². The summed E-state index contributed by atoms with van der Waals surface area (Å²) in [5.74, 6) is 0.